The Hall–Kier alpha value is 1.56. The second kappa shape index (κ2) is 9.76. The topological polar surface area (TPSA) is 26.1 Å². The smallest absolute Gasteiger partial charge is 0.662 e. The first-order valence-electron chi connectivity index (χ1n) is 5.17. The van der Waals surface area contributed by atoms with Crippen LogP contribution in [0.15, 0.2) is 0 Å². The van der Waals surface area contributed by atoms with Gasteiger partial charge >= 0.3 is 51.4 Å². The normalized spacial score (nSPS) is 25.3. The molecule has 3 heteroatoms. The molecule has 1 fully saturated rings. The van der Waals surface area contributed by atoms with E-state index in [-0.39, 0.29) is 58.8 Å². The fraction of sp³-hybridized carbons (Fsp3) is 0.909. The van der Waals surface area contributed by atoms with Crippen LogP contribution >= 0.6 is 0 Å². The zero-order valence-corrected chi connectivity index (χ0v) is 13.5. The van der Waals surface area contributed by atoms with Gasteiger partial charge in [-0.3, -0.25) is 0 Å². The van der Waals surface area contributed by atoms with E-state index in [1.165, 1.54) is 25.8 Å². The molecule has 0 aromatic carbocycles. The molecule has 0 bridgehead atoms. The van der Waals surface area contributed by atoms with Gasteiger partial charge in [-0.05, 0) is 24.9 Å². The van der Waals surface area contributed by atoms with Crippen LogP contribution < -0.4 is 56.7 Å². The molecule has 1 N–H and O–H groups in total. The largest absolute Gasteiger partial charge is 1.00 e. The predicted molar refractivity (Wildman–Crippen MR) is 60.0 cm³/mol. The van der Waals surface area contributed by atoms with Gasteiger partial charge < -0.3 is 18.1 Å². The van der Waals surface area contributed by atoms with Crippen LogP contribution in [0.2, 0.25) is 0 Å². The summed E-state index contributed by atoms with van der Waals surface area (Å²) in [5.74, 6) is 0. The van der Waals surface area contributed by atoms with Crippen LogP contribution in [0.5, 0.6) is 0 Å². The number of nitrogens with one attached hydrogen (secondary N) is 1. The Kier molecular flexibility index (Phi) is 12.5. The minimum atomic E-state index is 0. The molecule has 1 heterocycles. The molecule has 0 amide bonds. The number of rotatable bonds is 5. The number of hydrogen-bond donors (Lipinski definition) is 1. The van der Waals surface area contributed by atoms with Gasteiger partial charge in [-0.2, -0.15) is 0 Å². The van der Waals surface area contributed by atoms with Crippen LogP contribution in [0.1, 0.15) is 33.1 Å². The standard InChI is InChI=1S/C10H21N2.CH3.K/c1-3-10(5-7-11-4-2)6-8-12-9-10;;/h11H,3-9H2,1-2H3;1H3;/q2*-1;+1. The van der Waals surface area contributed by atoms with E-state index in [0.717, 1.165) is 19.6 Å². The molecule has 0 saturated carbocycles. The van der Waals surface area contributed by atoms with Crippen LogP contribution in [0.3, 0.4) is 0 Å². The van der Waals surface area contributed by atoms with Crippen LogP contribution in [-0.2, 0) is 0 Å². The van der Waals surface area contributed by atoms with Gasteiger partial charge in [0.25, 0.3) is 0 Å². The predicted octanol–water partition coefficient (Wildman–Crippen LogP) is -0.386. The fourth-order valence-electron chi connectivity index (χ4n) is 1.91. The van der Waals surface area contributed by atoms with Crippen molar-refractivity contribution in [3.63, 3.8) is 0 Å². The van der Waals surface area contributed by atoms with E-state index < -0.39 is 0 Å². The van der Waals surface area contributed by atoms with Crippen molar-refractivity contribution in [3.8, 4) is 0 Å². The third-order valence-corrected chi connectivity index (χ3v) is 3.08. The zero-order valence-electron chi connectivity index (χ0n) is 10.4. The summed E-state index contributed by atoms with van der Waals surface area (Å²) in [5, 5.41) is 7.85. The molecule has 1 atom stereocenters. The third-order valence-electron chi connectivity index (χ3n) is 3.08. The molecular weight excluding hydrogens is 199 g/mol. The van der Waals surface area contributed by atoms with Crippen molar-refractivity contribution in [2.45, 2.75) is 33.1 Å². The number of hydrogen-bond acceptors (Lipinski definition) is 1. The third kappa shape index (κ3) is 5.59. The maximum absolute atomic E-state index is 4.46. The van der Waals surface area contributed by atoms with Crippen LogP contribution in [0.4, 0.5) is 0 Å². The summed E-state index contributed by atoms with van der Waals surface area (Å²) in [4.78, 5) is 0. The van der Waals surface area contributed by atoms with Gasteiger partial charge in [-0.25, -0.2) is 0 Å². The first-order valence-corrected chi connectivity index (χ1v) is 5.17. The second-order valence-corrected chi connectivity index (χ2v) is 3.81. The molecule has 1 rings (SSSR count). The Morgan fingerprint density at radius 3 is 2.50 bits per heavy atom. The first-order chi connectivity index (χ1) is 5.83. The Morgan fingerprint density at radius 1 is 1.36 bits per heavy atom. The molecular formula is C11H24KN2-. The minimum absolute atomic E-state index is 0. The van der Waals surface area contributed by atoms with Gasteiger partial charge in [0.1, 0.15) is 0 Å². The van der Waals surface area contributed by atoms with E-state index in [1.807, 2.05) is 0 Å². The van der Waals surface area contributed by atoms with Gasteiger partial charge in [0.2, 0.25) is 0 Å². The Bertz CT molecular complexity index is 122. The maximum atomic E-state index is 4.46. The van der Waals surface area contributed by atoms with Crippen molar-refractivity contribution in [2.75, 3.05) is 26.2 Å². The van der Waals surface area contributed by atoms with Crippen LogP contribution in [0, 0.1) is 12.8 Å². The average molecular weight is 223 g/mol. The number of nitrogens with zero attached hydrogens (tertiary/aromatic N) is 1. The van der Waals surface area contributed by atoms with Gasteiger partial charge in [0.15, 0.2) is 0 Å². The first kappa shape index (κ1) is 17.9. The van der Waals surface area contributed by atoms with Crippen LogP contribution in [0.25, 0.3) is 5.32 Å². The van der Waals surface area contributed by atoms with Crippen molar-refractivity contribution in [3.05, 3.63) is 12.7 Å². The molecule has 14 heavy (non-hydrogen) atoms. The van der Waals surface area contributed by atoms with Gasteiger partial charge in [-0.15, -0.1) is 13.1 Å². The fourth-order valence-corrected chi connectivity index (χ4v) is 1.91. The Morgan fingerprint density at radius 2 is 2.07 bits per heavy atom. The summed E-state index contributed by atoms with van der Waals surface area (Å²) in [7, 11) is 0. The monoisotopic (exact) mass is 223 g/mol. The van der Waals surface area contributed by atoms with Gasteiger partial charge in [0, 0.05) is 0 Å². The molecule has 0 spiro atoms. The maximum Gasteiger partial charge on any atom is 1.00 e. The summed E-state index contributed by atoms with van der Waals surface area (Å²) in [5.41, 5.74) is 0.558. The van der Waals surface area contributed by atoms with Crippen molar-refractivity contribution in [1.82, 2.24) is 5.32 Å². The van der Waals surface area contributed by atoms with E-state index in [0.29, 0.717) is 5.41 Å². The van der Waals surface area contributed by atoms with E-state index in [4.69, 9.17) is 0 Å². The summed E-state index contributed by atoms with van der Waals surface area (Å²) < 4.78 is 0. The SMILES string of the molecule is CCNCCC1(CC)CC[N-]C1.[CH3-].[K+]. The summed E-state index contributed by atoms with van der Waals surface area (Å²) in [6, 6.07) is 0. The van der Waals surface area contributed by atoms with E-state index >= 15 is 0 Å². The average Bonchev–Trinajstić information content (AvgIpc) is 2.55. The molecule has 1 unspecified atom stereocenters. The van der Waals surface area contributed by atoms with Crippen LogP contribution in [-0.4, -0.2) is 26.2 Å². The van der Waals surface area contributed by atoms with Crippen molar-refractivity contribution in [2.24, 2.45) is 5.41 Å². The van der Waals surface area contributed by atoms with Crippen molar-refractivity contribution >= 4 is 0 Å². The van der Waals surface area contributed by atoms with Gasteiger partial charge in [0.05, 0.1) is 0 Å². The Labute approximate surface area is 132 Å². The molecule has 2 nitrogen and oxygen atoms in total. The molecule has 0 aromatic heterocycles. The molecule has 80 valence electrons. The minimum Gasteiger partial charge on any atom is -0.662 e. The van der Waals surface area contributed by atoms with Crippen molar-refractivity contribution < 1.29 is 51.4 Å². The van der Waals surface area contributed by atoms with E-state index in [1.54, 1.807) is 0 Å². The molecule has 0 aromatic rings. The van der Waals surface area contributed by atoms with E-state index in [2.05, 4.69) is 24.5 Å². The summed E-state index contributed by atoms with van der Waals surface area (Å²) in [6.45, 7) is 8.93. The second-order valence-electron chi connectivity index (χ2n) is 3.81. The Balaban J connectivity index is 0. The van der Waals surface area contributed by atoms with Gasteiger partial charge in [-0.1, -0.05) is 26.7 Å². The molecule has 0 aliphatic carbocycles. The summed E-state index contributed by atoms with van der Waals surface area (Å²) in [6.07, 6.45) is 3.91. The van der Waals surface area contributed by atoms with Crippen molar-refractivity contribution in [1.29, 1.82) is 0 Å². The molecule has 1 aliphatic rings. The molecule has 1 aliphatic heterocycles. The quantitative estimate of drug-likeness (QED) is 0.384. The molecule has 0 radical (unpaired) electrons. The summed E-state index contributed by atoms with van der Waals surface area (Å²) >= 11 is 0. The zero-order chi connectivity index (χ0) is 8.86. The van der Waals surface area contributed by atoms with E-state index in [9.17, 15) is 0 Å². The molecule has 1 saturated heterocycles.